The van der Waals surface area contributed by atoms with Crippen LogP contribution >= 0.6 is 23.1 Å². The van der Waals surface area contributed by atoms with E-state index in [0.29, 0.717) is 17.3 Å². The van der Waals surface area contributed by atoms with Gasteiger partial charge in [-0.3, -0.25) is 0 Å². The molecule has 3 rings (SSSR count). The third kappa shape index (κ3) is 3.92. The largest absolute Gasteiger partial charge is 0.414 e. The zero-order chi connectivity index (χ0) is 18.0. The zero-order valence-corrected chi connectivity index (χ0v) is 15.4. The Labute approximate surface area is 151 Å². The molecule has 134 valence electrons. The van der Waals surface area contributed by atoms with Gasteiger partial charge in [-0.1, -0.05) is 6.92 Å². The predicted molar refractivity (Wildman–Crippen MR) is 98.7 cm³/mol. The highest BCUT2D eigenvalue weighted by Gasteiger charge is 2.36. The third-order valence-corrected chi connectivity index (χ3v) is 5.39. The van der Waals surface area contributed by atoms with Crippen molar-refractivity contribution in [1.29, 1.82) is 0 Å². The Morgan fingerprint density at radius 3 is 2.92 bits per heavy atom. The number of rotatable bonds is 5. The van der Waals surface area contributed by atoms with E-state index in [0.717, 1.165) is 28.2 Å². The minimum absolute atomic E-state index is 0.245. The highest BCUT2D eigenvalue weighted by Crippen LogP contribution is 2.34. The topological polar surface area (TPSA) is 42.7 Å². The fourth-order valence-electron chi connectivity index (χ4n) is 2.53. The minimum atomic E-state index is -4.35. The number of thioether (sulfide) groups is 1. The van der Waals surface area contributed by atoms with Crippen molar-refractivity contribution in [3.8, 4) is 0 Å². The molecule has 0 radical (unpaired) electrons. The van der Waals surface area contributed by atoms with Crippen LogP contribution < -0.4 is 5.32 Å². The molecule has 0 aromatic carbocycles. The molecule has 1 aliphatic heterocycles. The van der Waals surface area contributed by atoms with Crippen LogP contribution in [0.1, 0.15) is 23.4 Å². The number of alkyl halides is 3. The van der Waals surface area contributed by atoms with E-state index in [1.54, 1.807) is 18.0 Å². The minimum Gasteiger partial charge on any atom is -0.366 e. The van der Waals surface area contributed by atoms with Crippen molar-refractivity contribution in [2.45, 2.75) is 13.1 Å². The smallest absolute Gasteiger partial charge is 0.366 e. The molecule has 0 fully saturated rings. The highest BCUT2D eigenvalue weighted by atomic mass is 32.2. The molecule has 0 amide bonds. The van der Waals surface area contributed by atoms with Gasteiger partial charge in [0.25, 0.3) is 0 Å². The third-order valence-electron chi connectivity index (χ3n) is 3.74. The first-order chi connectivity index (χ1) is 11.9. The van der Waals surface area contributed by atoms with Crippen molar-refractivity contribution in [2.75, 3.05) is 23.4 Å². The number of nitrogens with one attached hydrogen (secondary N) is 1. The van der Waals surface area contributed by atoms with Gasteiger partial charge in [-0.2, -0.15) is 24.9 Å². The van der Waals surface area contributed by atoms with Crippen molar-refractivity contribution < 1.29 is 13.2 Å². The van der Waals surface area contributed by atoms with Gasteiger partial charge in [0.2, 0.25) is 0 Å². The molecule has 2 aromatic heterocycles. The van der Waals surface area contributed by atoms with Gasteiger partial charge in [0, 0.05) is 36.5 Å². The Morgan fingerprint density at radius 1 is 1.48 bits per heavy atom. The average Bonchev–Trinajstić information content (AvgIpc) is 3.18. The van der Waals surface area contributed by atoms with Crippen LogP contribution in [-0.4, -0.2) is 38.8 Å². The Morgan fingerprint density at radius 2 is 2.28 bits per heavy atom. The Bertz CT molecular complexity index is 804. The molecule has 0 bridgehead atoms. The van der Waals surface area contributed by atoms with Crippen molar-refractivity contribution in [1.82, 2.24) is 14.5 Å². The molecule has 0 saturated carbocycles. The van der Waals surface area contributed by atoms with Gasteiger partial charge in [0.05, 0.1) is 5.57 Å². The van der Waals surface area contributed by atoms with E-state index >= 15 is 0 Å². The molecule has 0 spiro atoms. The second kappa shape index (κ2) is 7.25. The molecular formula is C16H17F3N4S2. The summed E-state index contributed by atoms with van der Waals surface area (Å²) in [7, 11) is 1.81. The molecule has 1 N–H and O–H groups in total. The van der Waals surface area contributed by atoms with Crippen molar-refractivity contribution in [3.05, 3.63) is 33.7 Å². The number of hydrogen-bond acceptors (Lipinski definition) is 5. The first-order valence-corrected chi connectivity index (χ1v) is 9.70. The zero-order valence-electron chi connectivity index (χ0n) is 13.7. The number of nitrogens with zero attached hydrogens (tertiary/aromatic N) is 3. The van der Waals surface area contributed by atoms with Crippen molar-refractivity contribution in [3.63, 3.8) is 0 Å². The van der Waals surface area contributed by atoms with Gasteiger partial charge >= 0.3 is 6.18 Å². The first kappa shape index (κ1) is 18.1. The molecule has 1 aliphatic rings. The van der Waals surface area contributed by atoms with Crippen LogP contribution in [0.25, 0.3) is 17.7 Å². The van der Waals surface area contributed by atoms with Crippen LogP contribution in [0.3, 0.4) is 0 Å². The number of hydrogen-bond donors (Lipinski definition) is 1. The summed E-state index contributed by atoms with van der Waals surface area (Å²) in [6.07, 6.45) is 0.462. The van der Waals surface area contributed by atoms with E-state index < -0.39 is 11.7 Å². The Kier molecular flexibility index (Phi) is 5.24. The summed E-state index contributed by atoms with van der Waals surface area (Å²) >= 11 is 3.25. The second-order valence-electron chi connectivity index (χ2n) is 5.43. The van der Waals surface area contributed by atoms with E-state index in [2.05, 4.69) is 22.2 Å². The molecule has 0 atom stereocenters. The highest BCUT2D eigenvalue weighted by molar-refractivity contribution is 7.99. The standard InChI is InChI=1S/C16H17F3N4S2/c1-3-24-9-10(6-13-20-4-5-25-13)14-22-12-7-11(16(17,18)19)8-21-15(12)23(14)2/h4-7,21H,3,8-9H2,1-2H3/b10-6+. The molecule has 9 heteroatoms. The number of fused-ring (bicyclic) bond motifs is 1. The Balaban J connectivity index is 2.02. The van der Waals surface area contributed by atoms with Crippen LogP contribution in [0.2, 0.25) is 0 Å². The normalized spacial score (nSPS) is 14.9. The second-order valence-corrected chi connectivity index (χ2v) is 7.63. The van der Waals surface area contributed by atoms with Gasteiger partial charge in [-0.05, 0) is 17.9 Å². The molecule has 0 unspecified atom stereocenters. The lowest BCUT2D eigenvalue weighted by molar-refractivity contribution is -0.0909. The SMILES string of the molecule is CCSC/C(=C\c1nccs1)c1nc2c(n1C)NCC(C(F)(F)F)=C2. The first-order valence-electron chi connectivity index (χ1n) is 7.66. The Hall–Kier alpha value is -1.74. The van der Waals surface area contributed by atoms with E-state index in [1.807, 2.05) is 23.1 Å². The van der Waals surface area contributed by atoms with Crippen LogP contribution in [0.5, 0.6) is 0 Å². The molecule has 0 saturated heterocycles. The maximum absolute atomic E-state index is 13.0. The lowest BCUT2D eigenvalue weighted by Crippen LogP contribution is -2.23. The number of thiazole rings is 1. The number of imidazole rings is 1. The summed E-state index contributed by atoms with van der Waals surface area (Å²) in [5, 5.41) is 5.59. The summed E-state index contributed by atoms with van der Waals surface area (Å²) in [5.74, 6) is 2.92. The summed E-state index contributed by atoms with van der Waals surface area (Å²) in [6.45, 7) is 1.82. The summed E-state index contributed by atoms with van der Waals surface area (Å²) in [6, 6.07) is 0. The van der Waals surface area contributed by atoms with Crippen LogP contribution in [0.15, 0.2) is 17.2 Å². The molecule has 3 heterocycles. The lowest BCUT2D eigenvalue weighted by Gasteiger charge is -2.18. The summed E-state index contributed by atoms with van der Waals surface area (Å²) in [4.78, 5) is 8.73. The van der Waals surface area contributed by atoms with Gasteiger partial charge in [-0.15, -0.1) is 11.3 Å². The van der Waals surface area contributed by atoms with E-state index in [9.17, 15) is 13.2 Å². The fraction of sp³-hybridized carbons (Fsp3) is 0.375. The fourth-order valence-corrected chi connectivity index (χ4v) is 3.76. The number of halogens is 3. The van der Waals surface area contributed by atoms with Gasteiger partial charge in [-0.25, -0.2) is 9.97 Å². The van der Waals surface area contributed by atoms with Crippen LogP contribution in [0.4, 0.5) is 19.0 Å². The van der Waals surface area contributed by atoms with Crippen molar-refractivity contribution >= 4 is 46.6 Å². The lowest BCUT2D eigenvalue weighted by atomic mass is 10.1. The molecule has 2 aromatic rings. The van der Waals surface area contributed by atoms with E-state index in [-0.39, 0.29) is 6.54 Å². The summed E-state index contributed by atoms with van der Waals surface area (Å²) in [5.41, 5.74) is 0.656. The van der Waals surface area contributed by atoms with Gasteiger partial charge in [0.15, 0.2) is 0 Å². The van der Waals surface area contributed by atoms with Crippen molar-refractivity contribution in [2.24, 2.45) is 7.05 Å². The average molecular weight is 386 g/mol. The number of aromatic nitrogens is 3. The monoisotopic (exact) mass is 386 g/mol. The summed E-state index contributed by atoms with van der Waals surface area (Å²) < 4.78 is 40.7. The predicted octanol–water partition coefficient (Wildman–Crippen LogP) is 4.54. The number of anilines is 1. The molecule has 25 heavy (non-hydrogen) atoms. The van der Waals surface area contributed by atoms with E-state index in [4.69, 9.17) is 0 Å². The maximum atomic E-state index is 13.0. The van der Waals surface area contributed by atoms with Gasteiger partial charge < -0.3 is 9.88 Å². The van der Waals surface area contributed by atoms with Crippen LogP contribution in [-0.2, 0) is 7.05 Å². The van der Waals surface area contributed by atoms with Crippen LogP contribution in [0, 0.1) is 0 Å². The molecular weight excluding hydrogens is 369 g/mol. The van der Waals surface area contributed by atoms with E-state index in [1.165, 1.54) is 11.3 Å². The van der Waals surface area contributed by atoms with Gasteiger partial charge in [0.1, 0.15) is 22.3 Å². The molecule has 4 nitrogen and oxygen atoms in total. The molecule has 0 aliphatic carbocycles. The quantitative estimate of drug-likeness (QED) is 0.819. The maximum Gasteiger partial charge on any atom is 0.414 e.